The van der Waals surface area contributed by atoms with E-state index >= 15 is 0 Å². The Balaban J connectivity index is 2.46. The highest BCUT2D eigenvalue weighted by Gasteiger charge is 2.15. The van der Waals surface area contributed by atoms with Crippen molar-refractivity contribution in [3.63, 3.8) is 0 Å². The topological polar surface area (TPSA) is 50.4 Å². The molecule has 1 rings (SSSR count). The molecule has 15 heavy (non-hydrogen) atoms. The van der Waals surface area contributed by atoms with Crippen molar-refractivity contribution in [2.24, 2.45) is 16.6 Å². The van der Waals surface area contributed by atoms with Crippen LogP contribution in [0.5, 0.6) is 0 Å². The SMILES string of the molecule is C#CC(NC(N)=NC1CCCC1)C(C)C. The fourth-order valence-corrected chi connectivity index (χ4v) is 1.83. The van der Waals surface area contributed by atoms with E-state index in [0.717, 1.165) is 12.8 Å². The van der Waals surface area contributed by atoms with Crippen LogP contribution in [0.1, 0.15) is 39.5 Å². The van der Waals surface area contributed by atoms with Crippen LogP contribution in [0.3, 0.4) is 0 Å². The molecule has 1 aliphatic carbocycles. The van der Waals surface area contributed by atoms with Gasteiger partial charge in [-0.25, -0.2) is 0 Å². The van der Waals surface area contributed by atoms with E-state index in [4.69, 9.17) is 12.2 Å². The van der Waals surface area contributed by atoms with Gasteiger partial charge in [-0.05, 0) is 18.8 Å². The molecule has 1 aliphatic rings. The van der Waals surface area contributed by atoms with Gasteiger partial charge in [0, 0.05) is 0 Å². The number of nitrogens with zero attached hydrogens (tertiary/aromatic N) is 1. The molecule has 0 saturated heterocycles. The first-order valence-corrected chi connectivity index (χ1v) is 5.69. The van der Waals surface area contributed by atoms with Crippen LogP contribution in [0.4, 0.5) is 0 Å². The molecule has 3 N–H and O–H groups in total. The van der Waals surface area contributed by atoms with Gasteiger partial charge in [0.1, 0.15) is 0 Å². The minimum atomic E-state index is -0.0184. The van der Waals surface area contributed by atoms with E-state index in [-0.39, 0.29) is 6.04 Å². The summed E-state index contributed by atoms with van der Waals surface area (Å²) < 4.78 is 0. The highest BCUT2D eigenvalue weighted by molar-refractivity contribution is 5.78. The van der Waals surface area contributed by atoms with Gasteiger partial charge in [0.15, 0.2) is 5.96 Å². The van der Waals surface area contributed by atoms with Gasteiger partial charge in [0.2, 0.25) is 0 Å². The number of rotatable bonds is 3. The molecule has 0 radical (unpaired) electrons. The highest BCUT2D eigenvalue weighted by Crippen LogP contribution is 2.20. The maximum atomic E-state index is 5.81. The average molecular weight is 207 g/mol. The lowest BCUT2D eigenvalue weighted by molar-refractivity contribution is 0.538. The number of nitrogens with one attached hydrogen (secondary N) is 1. The zero-order valence-corrected chi connectivity index (χ0v) is 9.66. The lowest BCUT2D eigenvalue weighted by Crippen LogP contribution is -2.42. The molecule has 3 nitrogen and oxygen atoms in total. The molecular formula is C12H21N3. The van der Waals surface area contributed by atoms with Gasteiger partial charge >= 0.3 is 0 Å². The minimum Gasteiger partial charge on any atom is -0.370 e. The van der Waals surface area contributed by atoms with E-state index < -0.39 is 0 Å². The summed E-state index contributed by atoms with van der Waals surface area (Å²) >= 11 is 0. The first kappa shape index (κ1) is 11.9. The van der Waals surface area contributed by atoms with Crippen LogP contribution in [0.25, 0.3) is 0 Å². The number of hydrogen-bond acceptors (Lipinski definition) is 1. The van der Waals surface area contributed by atoms with Crippen LogP contribution in [-0.2, 0) is 0 Å². The standard InChI is InChI=1S/C12H21N3/c1-4-11(9(2)3)15-12(13)14-10-7-5-6-8-10/h1,9-11H,5-8H2,2-3H3,(H3,13,14,15). The Morgan fingerprint density at radius 3 is 2.53 bits per heavy atom. The molecule has 0 bridgehead atoms. The van der Waals surface area contributed by atoms with Crippen LogP contribution in [0, 0.1) is 18.3 Å². The first-order valence-electron chi connectivity index (χ1n) is 5.69. The number of aliphatic imine (C=N–C) groups is 1. The Morgan fingerprint density at radius 2 is 2.07 bits per heavy atom. The number of hydrogen-bond donors (Lipinski definition) is 2. The summed E-state index contributed by atoms with van der Waals surface area (Å²) in [6, 6.07) is 0.387. The van der Waals surface area contributed by atoms with Crippen molar-refractivity contribution in [3.05, 3.63) is 0 Å². The molecule has 84 valence electrons. The van der Waals surface area contributed by atoms with Crippen molar-refractivity contribution < 1.29 is 0 Å². The van der Waals surface area contributed by atoms with Crippen molar-refractivity contribution in [2.75, 3.05) is 0 Å². The molecule has 0 aliphatic heterocycles. The summed E-state index contributed by atoms with van der Waals surface area (Å²) in [6.45, 7) is 4.14. The van der Waals surface area contributed by atoms with Gasteiger partial charge < -0.3 is 11.1 Å². The summed E-state index contributed by atoms with van der Waals surface area (Å²) in [7, 11) is 0. The third kappa shape index (κ3) is 3.83. The summed E-state index contributed by atoms with van der Waals surface area (Å²) in [5.74, 6) is 3.55. The van der Waals surface area contributed by atoms with E-state index in [1.807, 2.05) is 0 Å². The summed E-state index contributed by atoms with van der Waals surface area (Å²) in [6.07, 6.45) is 10.3. The smallest absolute Gasteiger partial charge is 0.189 e. The van der Waals surface area contributed by atoms with Gasteiger partial charge in [-0.3, -0.25) is 4.99 Å². The fourth-order valence-electron chi connectivity index (χ4n) is 1.83. The first-order chi connectivity index (χ1) is 7.13. The van der Waals surface area contributed by atoms with Gasteiger partial charge in [-0.1, -0.05) is 32.6 Å². The zero-order valence-electron chi connectivity index (χ0n) is 9.66. The quantitative estimate of drug-likeness (QED) is 0.418. The van der Waals surface area contributed by atoms with Crippen molar-refractivity contribution in [1.29, 1.82) is 0 Å². The summed E-state index contributed by atoms with van der Waals surface area (Å²) in [5, 5.41) is 3.08. The molecule has 0 aromatic rings. The summed E-state index contributed by atoms with van der Waals surface area (Å²) in [5.41, 5.74) is 5.81. The number of nitrogens with two attached hydrogens (primary N) is 1. The molecule has 1 unspecified atom stereocenters. The predicted octanol–water partition coefficient (Wildman–Crippen LogP) is 1.49. The van der Waals surface area contributed by atoms with Gasteiger partial charge in [-0.2, -0.15) is 0 Å². The predicted molar refractivity (Wildman–Crippen MR) is 64.5 cm³/mol. The van der Waals surface area contributed by atoms with Gasteiger partial charge in [-0.15, -0.1) is 6.42 Å². The third-order valence-corrected chi connectivity index (χ3v) is 2.80. The zero-order chi connectivity index (χ0) is 11.3. The Labute approximate surface area is 92.5 Å². The molecule has 0 aromatic heterocycles. The van der Waals surface area contributed by atoms with E-state index in [1.165, 1.54) is 12.8 Å². The van der Waals surface area contributed by atoms with Gasteiger partial charge in [0.25, 0.3) is 0 Å². The lowest BCUT2D eigenvalue weighted by Gasteiger charge is -2.17. The number of guanidine groups is 1. The van der Waals surface area contributed by atoms with Crippen molar-refractivity contribution in [1.82, 2.24) is 5.32 Å². The fraction of sp³-hybridized carbons (Fsp3) is 0.750. The Bertz CT molecular complexity index is 257. The van der Waals surface area contributed by atoms with Crippen molar-refractivity contribution in [2.45, 2.75) is 51.6 Å². The van der Waals surface area contributed by atoms with Crippen LogP contribution >= 0.6 is 0 Å². The minimum absolute atomic E-state index is 0.0184. The van der Waals surface area contributed by atoms with Crippen LogP contribution in [0.15, 0.2) is 4.99 Å². The molecule has 0 amide bonds. The summed E-state index contributed by atoms with van der Waals surface area (Å²) in [4.78, 5) is 4.43. The maximum Gasteiger partial charge on any atom is 0.189 e. The largest absolute Gasteiger partial charge is 0.370 e. The van der Waals surface area contributed by atoms with Crippen LogP contribution < -0.4 is 11.1 Å². The molecular weight excluding hydrogens is 186 g/mol. The highest BCUT2D eigenvalue weighted by atomic mass is 15.1. The van der Waals surface area contributed by atoms with E-state index in [2.05, 4.69) is 30.1 Å². The second-order valence-electron chi connectivity index (χ2n) is 4.49. The van der Waals surface area contributed by atoms with Crippen LogP contribution in [0.2, 0.25) is 0 Å². The third-order valence-electron chi connectivity index (χ3n) is 2.80. The van der Waals surface area contributed by atoms with Crippen LogP contribution in [-0.4, -0.2) is 18.0 Å². The molecule has 1 saturated carbocycles. The normalized spacial score (nSPS) is 20.3. The van der Waals surface area contributed by atoms with Crippen molar-refractivity contribution in [3.8, 4) is 12.3 Å². The lowest BCUT2D eigenvalue weighted by atomic mass is 10.1. The Morgan fingerprint density at radius 1 is 1.47 bits per heavy atom. The second kappa shape index (κ2) is 5.65. The molecule has 3 heteroatoms. The van der Waals surface area contributed by atoms with Gasteiger partial charge in [0.05, 0.1) is 12.1 Å². The number of terminal acetylenes is 1. The Hall–Kier alpha value is -1.17. The monoisotopic (exact) mass is 207 g/mol. The molecule has 0 spiro atoms. The Kier molecular flexibility index (Phi) is 4.48. The molecule has 1 atom stereocenters. The van der Waals surface area contributed by atoms with Crippen molar-refractivity contribution >= 4 is 5.96 Å². The second-order valence-corrected chi connectivity index (χ2v) is 4.49. The molecule has 0 aromatic carbocycles. The molecule has 0 heterocycles. The molecule has 1 fully saturated rings. The maximum absolute atomic E-state index is 5.81. The van der Waals surface area contributed by atoms with E-state index in [1.54, 1.807) is 0 Å². The average Bonchev–Trinajstić information content (AvgIpc) is 2.66. The van der Waals surface area contributed by atoms with E-state index in [9.17, 15) is 0 Å². The van der Waals surface area contributed by atoms with E-state index in [0.29, 0.717) is 17.9 Å².